The molecule has 0 saturated heterocycles. The van der Waals surface area contributed by atoms with Crippen molar-refractivity contribution in [2.75, 3.05) is 5.75 Å². The second-order valence-corrected chi connectivity index (χ2v) is 10.9. The number of hydrogen-bond acceptors (Lipinski definition) is 4. The van der Waals surface area contributed by atoms with Crippen LogP contribution in [0.5, 0.6) is 0 Å². The van der Waals surface area contributed by atoms with Gasteiger partial charge >= 0.3 is 0 Å². The van der Waals surface area contributed by atoms with Crippen molar-refractivity contribution in [3.05, 3.63) is 64.5 Å². The third-order valence-electron chi connectivity index (χ3n) is 4.99. The van der Waals surface area contributed by atoms with Crippen LogP contribution in [0.25, 0.3) is 10.2 Å². The van der Waals surface area contributed by atoms with Gasteiger partial charge in [0.2, 0.25) is 5.91 Å². The molecule has 1 aromatic heterocycles. The molecule has 0 aliphatic heterocycles. The first-order valence-corrected chi connectivity index (χ1v) is 12.9. The molecule has 5 nitrogen and oxygen atoms in total. The topological polar surface area (TPSA) is 68.5 Å². The average Bonchev–Trinajstić information content (AvgIpc) is 3.04. The third-order valence-corrected chi connectivity index (χ3v) is 7.71. The predicted molar refractivity (Wildman–Crippen MR) is 123 cm³/mol. The highest BCUT2D eigenvalue weighted by Crippen LogP contribution is 2.23. The van der Waals surface area contributed by atoms with Gasteiger partial charge in [-0.25, -0.2) is 8.42 Å². The van der Waals surface area contributed by atoms with E-state index >= 15 is 0 Å². The SMILES string of the molecule is CCn1c(=NC(=O)CCCS(=O)(=O)Cc2ccccc2)sc2cc(C(C)C)ccc21. The molecule has 3 rings (SSSR count). The third kappa shape index (κ3) is 5.67. The van der Waals surface area contributed by atoms with Crippen LogP contribution in [0.1, 0.15) is 50.7 Å². The van der Waals surface area contributed by atoms with Gasteiger partial charge in [0.15, 0.2) is 14.6 Å². The van der Waals surface area contributed by atoms with E-state index in [9.17, 15) is 13.2 Å². The minimum Gasteiger partial charge on any atom is -0.317 e. The molecule has 1 heterocycles. The van der Waals surface area contributed by atoms with Crippen molar-refractivity contribution in [2.45, 2.75) is 51.8 Å². The summed E-state index contributed by atoms with van der Waals surface area (Å²) in [6, 6.07) is 15.5. The fraction of sp³-hybridized carbons (Fsp3) is 0.391. The van der Waals surface area contributed by atoms with Crippen molar-refractivity contribution in [2.24, 2.45) is 4.99 Å². The number of hydrogen-bond donors (Lipinski definition) is 0. The summed E-state index contributed by atoms with van der Waals surface area (Å²) in [4.78, 5) is 17.4. The Hall–Kier alpha value is -2.25. The Balaban J connectivity index is 1.69. The van der Waals surface area contributed by atoms with Crippen molar-refractivity contribution in [1.82, 2.24) is 4.57 Å². The Morgan fingerprint density at radius 3 is 2.53 bits per heavy atom. The maximum Gasteiger partial charge on any atom is 0.248 e. The number of rotatable bonds is 8. The maximum absolute atomic E-state index is 12.4. The van der Waals surface area contributed by atoms with Gasteiger partial charge in [0.25, 0.3) is 0 Å². The number of benzene rings is 2. The van der Waals surface area contributed by atoms with Gasteiger partial charge in [0, 0.05) is 13.0 Å². The fourth-order valence-electron chi connectivity index (χ4n) is 3.35. The molecule has 0 aliphatic carbocycles. The van der Waals surface area contributed by atoms with Crippen LogP contribution in [0.4, 0.5) is 0 Å². The molecular weight excluding hydrogens is 416 g/mol. The molecule has 0 fully saturated rings. The Labute approximate surface area is 182 Å². The number of amides is 1. The van der Waals surface area contributed by atoms with Gasteiger partial charge in [-0.05, 0) is 42.5 Å². The van der Waals surface area contributed by atoms with Gasteiger partial charge in [0.1, 0.15) is 0 Å². The first-order valence-electron chi connectivity index (χ1n) is 10.2. The van der Waals surface area contributed by atoms with Crippen LogP contribution >= 0.6 is 11.3 Å². The molecule has 0 atom stereocenters. The van der Waals surface area contributed by atoms with Crippen LogP contribution in [0, 0.1) is 0 Å². The summed E-state index contributed by atoms with van der Waals surface area (Å²) in [6.07, 6.45) is 0.412. The van der Waals surface area contributed by atoms with E-state index in [0.29, 0.717) is 10.7 Å². The molecule has 0 saturated carbocycles. The Morgan fingerprint density at radius 1 is 1.13 bits per heavy atom. The Kier molecular flexibility index (Phi) is 7.26. The van der Waals surface area contributed by atoms with Gasteiger partial charge < -0.3 is 4.57 Å². The van der Waals surface area contributed by atoms with Crippen LogP contribution in [0.15, 0.2) is 53.5 Å². The van der Waals surface area contributed by atoms with E-state index in [1.54, 1.807) is 12.1 Å². The molecule has 0 aliphatic rings. The monoisotopic (exact) mass is 444 g/mol. The molecule has 0 spiro atoms. The smallest absolute Gasteiger partial charge is 0.248 e. The van der Waals surface area contributed by atoms with E-state index in [0.717, 1.165) is 22.3 Å². The van der Waals surface area contributed by atoms with E-state index in [1.807, 2.05) is 29.7 Å². The zero-order chi connectivity index (χ0) is 21.7. The van der Waals surface area contributed by atoms with Crippen molar-refractivity contribution in [3.63, 3.8) is 0 Å². The average molecular weight is 445 g/mol. The highest BCUT2D eigenvalue weighted by Gasteiger charge is 2.13. The van der Waals surface area contributed by atoms with Gasteiger partial charge in [-0.15, -0.1) is 0 Å². The molecular formula is C23H28N2O3S2. The molecule has 0 N–H and O–H groups in total. The standard InChI is InChI=1S/C23H28N2O3S2/c1-4-25-20-13-12-19(17(2)3)15-21(20)29-23(25)24-22(26)11-8-14-30(27,28)16-18-9-6-5-7-10-18/h5-7,9-10,12-13,15,17H,4,8,11,14,16H2,1-3H3. The van der Waals surface area contributed by atoms with E-state index in [2.05, 4.69) is 37.0 Å². The lowest BCUT2D eigenvalue weighted by atomic mass is 10.0. The number of carbonyl (C=O) groups excluding carboxylic acids is 1. The lowest BCUT2D eigenvalue weighted by Crippen LogP contribution is -2.16. The van der Waals surface area contributed by atoms with Crippen LogP contribution < -0.4 is 4.80 Å². The Morgan fingerprint density at radius 2 is 1.87 bits per heavy atom. The predicted octanol–water partition coefficient (Wildman–Crippen LogP) is 4.67. The molecule has 1 amide bonds. The summed E-state index contributed by atoms with van der Waals surface area (Å²) in [5.41, 5.74) is 3.10. The normalized spacial score (nSPS) is 12.7. The van der Waals surface area contributed by atoms with Crippen LogP contribution in [0.2, 0.25) is 0 Å². The van der Waals surface area contributed by atoms with Crippen molar-refractivity contribution in [1.29, 1.82) is 0 Å². The molecule has 3 aromatic rings. The van der Waals surface area contributed by atoms with E-state index < -0.39 is 9.84 Å². The van der Waals surface area contributed by atoms with E-state index in [1.165, 1.54) is 16.9 Å². The summed E-state index contributed by atoms with van der Waals surface area (Å²) in [5, 5.41) is 0. The van der Waals surface area contributed by atoms with Crippen LogP contribution in [0.3, 0.4) is 0 Å². The highest BCUT2D eigenvalue weighted by atomic mass is 32.2. The number of sulfone groups is 1. The number of fused-ring (bicyclic) bond motifs is 1. The molecule has 30 heavy (non-hydrogen) atoms. The van der Waals surface area contributed by atoms with Crippen LogP contribution in [-0.4, -0.2) is 24.6 Å². The number of aryl methyl sites for hydroxylation is 1. The van der Waals surface area contributed by atoms with Crippen LogP contribution in [-0.2, 0) is 26.9 Å². The van der Waals surface area contributed by atoms with Gasteiger partial charge in [-0.3, -0.25) is 4.79 Å². The first kappa shape index (κ1) is 22.4. The lowest BCUT2D eigenvalue weighted by Gasteiger charge is -2.05. The minimum absolute atomic E-state index is 0.00348. The number of aromatic nitrogens is 1. The lowest BCUT2D eigenvalue weighted by molar-refractivity contribution is -0.118. The van der Waals surface area contributed by atoms with Gasteiger partial charge in [0.05, 0.1) is 21.7 Å². The summed E-state index contributed by atoms with van der Waals surface area (Å²) in [6.45, 7) is 7.06. The molecule has 0 unspecified atom stereocenters. The van der Waals surface area contributed by atoms with E-state index in [-0.39, 0.29) is 30.3 Å². The van der Waals surface area contributed by atoms with E-state index in [4.69, 9.17) is 0 Å². The molecule has 7 heteroatoms. The van der Waals surface area contributed by atoms with Gasteiger partial charge in [-0.2, -0.15) is 4.99 Å². The maximum atomic E-state index is 12.4. The Bertz CT molecular complexity index is 1190. The quantitative estimate of drug-likeness (QED) is 0.507. The molecule has 160 valence electrons. The summed E-state index contributed by atoms with van der Waals surface area (Å²) < 4.78 is 27.7. The molecule has 0 bridgehead atoms. The summed E-state index contributed by atoms with van der Waals surface area (Å²) >= 11 is 1.51. The number of carbonyl (C=O) groups is 1. The molecule has 0 radical (unpaired) electrons. The highest BCUT2D eigenvalue weighted by molar-refractivity contribution is 7.90. The largest absolute Gasteiger partial charge is 0.317 e. The zero-order valence-corrected chi connectivity index (χ0v) is 19.3. The van der Waals surface area contributed by atoms with Crippen molar-refractivity contribution >= 4 is 37.3 Å². The van der Waals surface area contributed by atoms with Crippen molar-refractivity contribution < 1.29 is 13.2 Å². The van der Waals surface area contributed by atoms with Crippen molar-refractivity contribution in [3.8, 4) is 0 Å². The van der Waals surface area contributed by atoms with Gasteiger partial charge in [-0.1, -0.05) is 61.6 Å². The molecule has 2 aromatic carbocycles. The number of thiazole rings is 1. The minimum atomic E-state index is -3.25. The second-order valence-electron chi connectivity index (χ2n) is 7.70. The second kappa shape index (κ2) is 9.71. The summed E-state index contributed by atoms with van der Waals surface area (Å²) in [5.74, 6) is 0.152. The summed E-state index contributed by atoms with van der Waals surface area (Å²) in [7, 11) is -3.25. The number of nitrogens with zero attached hydrogens (tertiary/aromatic N) is 2. The fourth-order valence-corrected chi connectivity index (χ4v) is 5.93. The zero-order valence-electron chi connectivity index (χ0n) is 17.7. The first-order chi connectivity index (χ1) is 14.3.